The highest BCUT2D eigenvalue weighted by Gasteiger charge is 2.38. The molecule has 0 saturated carbocycles. The van der Waals surface area contributed by atoms with Crippen LogP contribution in [0.4, 0.5) is 5.95 Å². The van der Waals surface area contributed by atoms with Gasteiger partial charge in [-0.15, -0.1) is 0 Å². The number of aromatic nitrogens is 3. The number of fused-ring (bicyclic) bond motifs is 1. The van der Waals surface area contributed by atoms with Gasteiger partial charge >= 0.3 is 0 Å². The summed E-state index contributed by atoms with van der Waals surface area (Å²) in [6, 6.07) is 0.281. The maximum absolute atomic E-state index is 12.2. The zero-order valence-electron chi connectivity index (χ0n) is 15.9. The van der Waals surface area contributed by atoms with Gasteiger partial charge in [0.25, 0.3) is 5.56 Å². The second-order valence-electron chi connectivity index (χ2n) is 7.36. The van der Waals surface area contributed by atoms with Crippen molar-refractivity contribution < 1.29 is 9.47 Å². The first kappa shape index (κ1) is 18.1. The normalized spacial score (nSPS) is 20.0. The smallest absolute Gasteiger partial charge is 0.259 e. The van der Waals surface area contributed by atoms with Gasteiger partial charge in [0, 0.05) is 36.8 Å². The van der Waals surface area contributed by atoms with Crippen molar-refractivity contribution in [3.05, 3.63) is 34.4 Å². The summed E-state index contributed by atoms with van der Waals surface area (Å²) in [5.41, 5.74) is 2.63. The third-order valence-corrected chi connectivity index (χ3v) is 5.33. The maximum atomic E-state index is 12.2. The molecule has 2 aromatic rings. The molecule has 1 aliphatic carbocycles. The number of nitrogens with one attached hydrogen (secondary N) is 2. The van der Waals surface area contributed by atoms with Crippen LogP contribution in [0.25, 0.3) is 16.5 Å². The summed E-state index contributed by atoms with van der Waals surface area (Å²) in [5.74, 6) is 0.101. The molecule has 1 spiro atoms. The molecular formula is C20H26N4O3. The van der Waals surface area contributed by atoms with Gasteiger partial charge in [0.15, 0.2) is 5.79 Å². The molecule has 0 amide bonds. The largest absolute Gasteiger partial charge is 0.352 e. The standard InChI is InChI=1S/C20H26N4O3/c1-3-4-13(2)23-19-22-12-16-17(24-19)15(11-21-18(16)25)14-5-7-20(8-6-14)26-9-10-27-20/h5,11-13H,3-4,6-10H2,1-2H3,(H,21,25)(H,22,23,24). The summed E-state index contributed by atoms with van der Waals surface area (Å²) in [5, 5.41) is 3.84. The number of rotatable bonds is 5. The molecule has 0 radical (unpaired) electrons. The second-order valence-corrected chi connectivity index (χ2v) is 7.36. The fourth-order valence-electron chi connectivity index (χ4n) is 3.89. The first-order valence-electron chi connectivity index (χ1n) is 9.72. The topological polar surface area (TPSA) is 89.1 Å². The van der Waals surface area contributed by atoms with E-state index in [-0.39, 0.29) is 11.6 Å². The molecule has 2 N–H and O–H groups in total. The first-order valence-corrected chi connectivity index (χ1v) is 9.72. The monoisotopic (exact) mass is 370 g/mol. The van der Waals surface area contributed by atoms with Crippen molar-refractivity contribution in [3.8, 4) is 0 Å². The maximum Gasteiger partial charge on any atom is 0.259 e. The summed E-state index contributed by atoms with van der Waals surface area (Å²) < 4.78 is 11.6. The lowest BCUT2D eigenvalue weighted by Gasteiger charge is -2.30. The average Bonchev–Trinajstić information content (AvgIpc) is 3.11. The summed E-state index contributed by atoms with van der Waals surface area (Å²) in [7, 11) is 0. The Morgan fingerprint density at radius 1 is 1.37 bits per heavy atom. The van der Waals surface area contributed by atoms with Crippen molar-refractivity contribution in [3.63, 3.8) is 0 Å². The van der Waals surface area contributed by atoms with Gasteiger partial charge in [-0.1, -0.05) is 19.4 Å². The lowest BCUT2D eigenvalue weighted by atomic mass is 9.90. The number of allylic oxidation sites excluding steroid dienone is 1. The lowest BCUT2D eigenvalue weighted by Crippen LogP contribution is -2.31. The number of hydrogen-bond donors (Lipinski definition) is 2. The molecule has 2 aliphatic rings. The molecule has 1 atom stereocenters. The Morgan fingerprint density at radius 2 is 2.19 bits per heavy atom. The molecule has 3 heterocycles. The molecule has 7 nitrogen and oxygen atoms in total. The van der Waals surface area contributed by atoms with Crippen LogP contribution in [0.3, 0.4) is 0 Å². The van der Waals surface area contributed by atoms with Gasteiger partial charge in [-0.25, -0.2) is 9.97 Å². The highest BCUT2D eigenvalue weighted by molar-refractivity contribution is 5.90. The van der Waals surface area contributed by atoms with Crippen LogP contribution in [0.1, 0.15) is 51.5 Å². The predicted molar refractivity (Wildman–Crippen MR) is 105 cm³/mol. The van der Waals surface area contributed by atoms with E-state index in [1.54, 1.807) is 12.4 Å². The van der Waals surface area contributed by atoms with Crippen LogP contribution < -0.4 is 10.9 Å². The SMILES string of the molecule is CCCC(C)Nc1ncc2c(=O)[nH]cc(C3=CCC4(CC3)OCCO4)c2n1. The van der Waals surface area contributed by atoms with E-state index in [9.17, 15) is 4.79 Å². The molecule has 0 bridgehead atoms. The van der Waals surface area contributed by atoms with E-state index in [0.717, 1.165) is 36.8 Å². The van der Waals surface area contributed by atoms with Gasteiger partial charge in [0.2, 0.25) is 5.95 Å². The number of pyridine rings is 1. The van der Waals surface area contributed by atoms with Crippen LogP contribution in [0, 0.1) is 0 Å². The van der Waals surface area contributed by atoms with Crippen molar-refractivity contribution in [2.75, 3.05) is 18.5 Å². The summed E-state index contributed by atoms with van der Waals surface area (Å²) in [4.78, 5) is 24.1. The van der Waals surface area contributed by atoms with Gasteiger partial charge in [-0.05, 0) is 25.3 Å². The number of hydrogen-bond acceptors (Lipinski definition) is 6. The molecule has 2 aromatic heterocycles. The minimum atomic E-state index is -0.460. The molecule has 7 heteroatoms. The Morgan fingerprint density at radius 3 is 2.89 bits per heavy atom. The van der Waals surface area contributed by atoms with Crippen molar-refractivity contribution >= 4 is 22.4 Å². The van der Waals surface area contributed by atoms with Gasteiger partial charge < -0.3 is 19.8 Å². The number of anilines is 1. The van der Waals surface area contributed by atoms with Crippen molar-refractivity contribution in [1.29, 1.82) is 0 Å². The van der Waals surface area contributed by atoms with Crippen molar-refractivity contribution in [2.24, 2.45) is 0 Å². The van der Waals surface area contributed by atoms with Gasteiger partial charge in [-0.3, -0.25) is 4.79 Å². The zero-order valence-corrected chi connectivity index (χ0v) is 15.9. The third-order valence-electron chi connectivity index (χ3n) is 5.33. The highest BCUT2D eigenvalue weighted by atomic mass is 16.7. The minimum Gasteiger partial charge on any atom is -0.352 e. The quantitative estimate of drug-likeness (QED) is 0.840. The minimum absolute atomic E-state index is 0.169. The molecule has 0 aromatic carbocycles. The van der Waals surface area contributed by atoms with Gasteiger partial charge in [-0.2, -0.15) is 0 Å². The van der Waals surface area contributed by atoms with Crippen LogP contribution in [-0.2, 0) is 9.47 Å². The zero-order chi connectivity index (χ0) is 18.9. The Hall–Kier alpha value is -2.25. The summed E-state index contributed by atoms with van der Waals surface area (Å²) in [6.07, 6.45) is 9.99. The molecule has 1 aliphatic heterocycles. The van der Waals surface area contributed by atoms with Crippen LogP contribution in [0.2, 0.25) is 0 Å². The Kier molecular flexibility index (Phi) is 4.97. The number of ether oxygens (including phenoxy) is 2. The van der Waals surface area contributed by atoms with Crippen molar-refractivity contribution in [1.82, 2.24) is 15.0 Å². The first-order chi connectivity index (χ1) is 13.1. The van der Waals surface area contributed by atoms with Crippen molar-refractivity contribution in [2.45, 2.75) is 57.8 Å². The van der Waals surface area contributed by atoms with Gasteiger partial charge in [0.1, 0.15) is 0 Å². The molecule has 1 unspecified atom stereocenters. The van der Waals surface area contributed by atoms with E-state index in [1.165, 1.54) is 0 Å². The summed E-state index contributed by atoms with van der Waals surface area (Å²) in [6.45, 7) is 5.57. The van der Waals surface area contributed by atoms with E-state index >= 15 is 0 Å². The van der Waals surface area contributed by atoms with E-state index in [4.69, 9.17) is 9.47 Å². The Labute approximate surface area is 158 Å². The Bertz CT molecular complexity index is 915. The molecular weight excluding hydrogens is 344 g/mol. The fraction of sp³-hybridized carbons (Fsp3) is 0.550. The fourth-order valence-corrected chi connectivity index (χ4v) is 3.89. The number of H-pyrrole nitrogens is 1. The highest BCUT2D eigenvalue weighted by Crippen LogP contribution is 2.39. The van der Waals surface area contributed by atoms with E-state index in [0.29, 0.717) is 36.5 Å². The average molecular weight is 370 g/mol. The molecule has 27 heavy (non-hydrogen) atoms. The number of aromatic amines is 1. The van der Waals surface area contributed by atoms with Crippen LogP contribution in [-0.4, -0.2) is 40.0 Å². The third kappa shape index (κ3) is 3.61. The molecule has 1 saturated heterocycles. The molecule has 1 fully saturated rings. The molecule has 4 rings (SSSR count). The van der Waals surface area contributed by atoms with Crippen LogP contribution in [0.15, 0.2) is 23.3 Å². The predicted octanol–water partition coefficient (Wildman–Crippen LogP) is 3.23. The number of nitrogens with zero attached hydrogens (tertiary/aromatic N) is 2. The molecule has 144 valence electrons. The van der Waals surface area contributed by atoms with Crippen LogP contribution in [0.5, 0.6) is 0 Å². The van der Waals surface area contributed by atoms with Crippen LogP contribution >= 0.6 is 0 Å². The summed E-state index contributed by atoms with van der Waals surface area (Å²) >= 11 is 0. The van der Waals surface area contributed by atoms with E-state index in [2.05, 4.69) is 40.2 Å². The van der Waals surface area contributed by atoms with E-state index in [1.807, 2.05) is 0 Å². The lowest BCUT2D eigenvalue weighted by molar-refractivity contribution is -0.159. The Balaban J connectivity index is 1.69. The second kappa shape index (κ2) is 7.40. The van der Waals surface area contributed by atoms with E-state index < -0.39 is 5.79 Å². The van der Waals surface area contributed by atoms with Gasteiger partial charge in [0.05, 0.1) is 24.1 Å².